The third kappa shape index (κ3) is 5.43. The molecule has 4 rings (SSSR count). The first-order valence-corrected chi connectivity index (χ1v) is 12.5. The summed E-state index contributed by atoms with van der Waals surface area (Å²) in [5, 5.41) is 8.80. The molecule has 3 aliphatic rings. The number of carbonyl (C=O) groups excluding carboxylic acids is 3. The van der Waals surface area contributed by atoms with Crippen molar-refractivity contribution < 1.29 is 23.9 Å². The molecule has 3 N–H and O–H groups in total. The van der Waals surface area contributed by atoms with Gasteiger partial charge in [0.05, 0.1) is 17.7 Å². The Kier molecular flexibility index (Phi) is 7.91. The van der Waals surface area contributed by atoms with E-state index in [0.717, 1.165) is 31.2 Å². The van der Waals surface area contributed by atoms with Crippen molar-refractivity contribution in [1.29, 1.82) is 0 Å². The first-order chi connectivity index (χ1) is 16.8. The lowest BCUT2D eigenvalue weighted by atomic mass is 9.76. The lowest BCUT2D eigenvalue weighted by molar-refractivity contribution is -0.124. The second kappa shape index (κ2) is 10.9. The van der Waals surface area contributed by atoms with E-state index in [9.17, 15) is 14.4 Å². The molecule has 1 saturated heterocycles. The molecule has 0 aromatic carbocycles. The van der Waals surface area contributed by atoms with Crippen molar-refractivity contribution in [1.82, 2.24) is 15.2 Å². The van der Waals surface area contributed by atoms with Gasteiger partial charge in [0.1, 0.15) is 11.9 Å². The number of fused-ring (bicyclic) bond motifs is 2. The minimum Gasteiger partial charge on any atom is -0.383 e. The molecule has 1 aromatic rings. The summed E-state index contributed by atoms with van der Waals surface area (Å²) in [6.45, 7) is 4.13. The molecule has 1 spiro atoms. The number of anilines is 2. The van der Waals surface area contributed by atoms with E-state index in [2.05, 4.69) is 27.9 Å². The van der Waals surface area contributed by atoms with Crippen LogP contribution in [0.3, 0.4) is 0 Å². The average molecular weight is 488 g/mol. The van der Waals surface area contributed by atoms with Crippen molar-refractivity contribution in [2.45, 2.75) is 56.9 Å². The molecule has 0 unspecified atom stereocenters. The summed E-state index contributed by atoms with van der Waals surface area (Å²) in [4.78, 5) is 45.0. The van der Waals surface area contributed by atoms with Crippen LogP contribution in [0.2, 0.25) is 0 Å². The molecule has 1 atom stereocenters. The number of carbonyl (C=O) groups is 3. The third-order valence-corrected chi connectivity index (χ3v) is 7.77. The predicted molar refractivity (Wildman–Crippen MR) is 131 cm³/mol. The summed E-state index contributed by atoms with van der Waals surface area (Å²) in [6, 6.07) is 0.727. The Morgan fingerprint density at radius 2 is 2.00 bits per heavy atom. The fraction of sp³-hybridized carbons (Fsp3) is 0.680. The van der Waals surface area contributed by atoms with E-state index in [1.165, 1.54) is 4.90 Å². The van der Waals surface area contributed by atoms with Crippen LogP contribution < -0.4 is 16.0 Å². The van der Waals surface area contributed by atoms with E-state index in [1.54, 1.807) is 26.4 Å². The molecule has 1 saturated carbocycles. The predicted octanol–water partition coefficient (Wildman–Crippen LogP) is 2.50. The van der Waals surface area contributed by atoms with Gasteiger partial charge in [-0.3, -0.25) is 9.59 Å². The summed E-state index contributed by atoms with van der Waals surface area (Å²) >= 11 is 0. The molecule has 3 heterocycles. The van der Waals surface area contributed by atoms with Crippen LogP contribution in [-0.2, 0) is 24.5 Å². The van der Waals surface area contributed by atoms with Gasteiger partial charge in [0.15, 0.2) is 0 Å². The Morgan fingerprint density at radius 3 is 2.69 bits per heavy atom. The molecule has 10 nitrogen and oxygen atoms in total. The minimum absolute atomic E-state index is 0.0402. The molecule has 1 aliphatic carbocycles. The van der Waals surface area contributed by atoms with Crippen molar-refractivity contribution in [3.05, 3.63) is 17.8 Å². The number of urea groups is 1. The van der Waals surface area contributed by atoms with E-state index in [-0.39, 0.29) is 23.8 Å². The van der Waals surface area contributed by atoms with Crippen LogP contribution in [0.1, 0.15) is 51.0 Å². The number of nitrogens with zero attached hydrogens (tertiary/aromatic N) is 2. The normalized spacial score (nSPS) is 23.8. The van der Waals surface area contributed by atoms with Gasteiger partial charge in [-0.05, 0) is 37.5 Å². The zero-order valence-corrected chi connectivity index (χ0v) is 20.9. The number of nitrogens with one attached hydrogen (secondary N) is 3. The quantitative estimate of drug-likeness (QED) is 0.543. The molecule has 0 bridgehead atoms. The largest absolute Gasteiger partial charge is 0.383 e. The van der Waals surface area contributed by atoms with Gasteiger partial charge in [-0.2, -0.15) is 0 Å². The SMILES string of the molecule is COCCN(C)C(=O)N[C@H](C(=O)Nc1cc2c(cn1)C1(CCOCC1)C(=O)N2)[C@H]1CC[C@@H](C)CC1. The van der Waals surface area contributed by atoms with Crippen LogP contribution >= 0.6 is 0 Å². The average Bonchev–Trinajstić information content (AvgIpc) is 3.11. The number of hydrogen-bond donors (Lipinski definition) is 3. The topological polar surface area (TPSA) is 122 Å². The second-order valence-corrected chi connectivity index (χ2v) is 10.1. The molecule has 4 amide bonds. The summed E-state index contributed by atoms with van der Waals surface area (Å²) in [5.74, 6) is 0.687. The maximum Gasteiger partial charge on any atom is 0.317 e. The van der Waals surface area contributed by atoms with Crippen molar-refractivity contribution in [2.24, 2.45) is 11.8 Å². The van der Waals surface area contributed by atoms with Crippen LogP contribution in [-0.4, -0.2) is 74.3 Å². The Morgan fingerprint density at radius 1 is 1.29 bits per heavy atom. The summed E-state index contributed by atoms with van der Waals surface area (Å²) in [6.07, 6.45) is 6.72. The zero-order valence-electron chi connectivity index (χ0n) is 20.9. The van der Waals surface area contributed by atoms with Crippen LogP contribution in [0, 0.1) is 11.8 Å². The highest BCUT2D eigenvalue weighted by molar-refractivity contribution is 6.07. The number of methoxy groups -OCH3 is 1. The number of likely N-dealkylation sites (N-methyl/N-ethyl adjacent to an activating group) is 1. The Labute approximate surface area is 206 Å². The summed E-state index contributed by atoms with van der Waals surface area (Å²) in [5.41, 5.74) is 0.925. The van der Waals surface area contributed by atoms with E-state index in [4.69, 9.17) is 9.47 Å². The lowest BCUT2D eigenvalue weighted by Crippen LogP contribution is -2.53. The molecule has 35 heavy (non-hydrogen) atoms. The number of amides is 4. The molecular formula is C25H37N5O5. The molecule has 2 aliphatic heterocycles. The van der Waals surface area contributed by atoms with Crippen molar-refractivity contribution >= 4 is 29.4 Å². The van der Waals surface area contributed by atoms with Crippen LogP contribution in [0.4, 0.5) is 16.3 Å². The van der Waals surface area contributed by atoms with Gasteiger partial charge in [0.25, 0.3) is 0 Å². The highest BCUT2D eigenvalue weighted by Gasteiger charge is 2.48. The molecule has 192 valence electrons. The number of hydrogen-bond acceptors (Lipinski definition) is 6. The Hall–Kier alpha value is -2.72. The smallest absolute Gasteiger partial charge is 0.317 e. The Balaban J connectivity index is 1.49. The third-order valence-electron chi connectivity index (χ3n) is 7.77. The Bertz CT molecular complexity index is 940. The van der Waals surface area contributed by atoms with Gasteiger partial charge in [-0.15, -0.1) is 0 Å². The monoisotopic (exact) mass is 487 g/mol. The van der Waals surface area contributed by atoms with Crippen molar-refractivity contribution in [2.75, 3.05) is 51.2 Å². The highest BCUT2D eigenvalue weighted by atomic mass is 16.5. The molecular weight excluding hydrogens is 450 g/mol. The van der Waals surface area contributed by atoms with Gasteiger partial charge < -0.3 is 30.3 Å². The summed E-state index contributed by atoms with van der Waals surface area (Å²) in [7, 11) is 3.27. The van der Waals surface area contributed by atoms with Gasteiger partial charge in [-0.1, -0.05) is 19.8 Å². The maximum absolute atomic E-state index is 13.4. The first kappa shape index (κ1) is 25.4. The number of rotatable bonds is 7. The van der Waals surface area contributed by atoms with Crippen molar-refractivity contribution in [3.63, 3.8) is 0 Å². The number of aromatic nitrogens is 1. The lowest BCUT2D eigenvalue weighted by Gasteiger charge is -2.33. The van der Waals surface area contributed by atoms with E-state index < -0.39 is 11.5 Å². The minimum atomic E-state index is -0.675. The van der Waals surface area contributed by atoms with E-state index >= 15 is 0 Å². The highest BCUT2D eigenvalue weighted by Crippen LogP contribution is 2.44. The summed E-state index contributed by atoms with van der Waals surface area (Å²) < 4.78 is 10.5. The van der Waals surface area contributed by atoms with Gasteiger partial charge in [0.2, 0.25) is 11.8 Å². The van der Waals surface area contributed by atoms with E-state index in [0.29, 0.717) is 56.6 Å². The molecule has 2 fully saturated rings. The first-order valence-electron chi connectivity index (χ1n) is 12.5. The van der Waals surface area contributed by atoms with Crippen LogP contribution in [0.15, 0.2) is 12.3 Å². The second-order valence-electron chi connectivity index (χ2n) is 10.1. The zero-order chi connectivity index (χ0) is 25.0. The van der Waals surface area contributed by atoms with Gasteiger partial charge in [-0.25, -0.2) is 9.78 Å². The molecule has 0 radical (unpaired) electrons. The van der Waals surface area contributed by atoms with Crippen molar-refractivity contribution in [3.8, 4) is 0 Å². The van der Waals surface area contributed by atoms with Crippen LogP contribution in [0.5, 0.6) is 0 Å². The molecule has 1 aromatic heterocycles. The van der Waals surface area contributed by atoms with E-state index in [1.807, 2.05) is 0 Å². The molecule has 10 heteroatoms. The number of pyridine rings is 1. The number of ether oxygens (including phenoxy) is 2. The fourth-order valence-electron chi connectivity index (χ4n) is 5.38. The maximum atomic E-state index is 13.4. The standard InChI is InChI=1S/C25H37N5O5/c1-16-4-6-17(7-5-16)21(29-24(33)30(2)10-13-34-3)22(31)28-20-14-19-18(15-26-20)25(23(32)27-19)8-11-35-12-9-25/h14-17,21H,4-13H2,1-3H3,(H,27,32)(H,29,33)(H,26,28,31)/t16-,17+,21-/m0/s1. The van der Waals surface area contributed by atoms with Gasteiger partial charge >= 0.3 is 6.03 Å². The van der Waals surface area contributed by atoms with Gasteiger partial charge in [0, 0.05) is 51.7 Å². The van der Waals surface area contributed by atoms with Crippen LogP contribution in [0.25, 0.3) is 0 Å². The fourth-order valence-corrected chi connectivity index (χ4v) is 5.38.